The van der Waals surface area contributed by atoms with Gasteiger partial charge in [0.25, 0.3) is 0 Å². The average molecular weight is 366 g/mol. The minimum atomic E-state index is 0.273. The van der Waals surface area contributed by atoms with Crippen LogP contribution in [0.15, 0.2) is 11.2 Å². The van der Waals surface area contributed by atoms with Gasteiger partial charge in [-0.1, -0.05) is 13.8 Å². The smallest absolute Gasteiger partial charge is 0.194 e. The monoisotopic (exact) mass is 365 g/mol. The predicted octanol–water partition coefficient (Wildman–Crippen LogP) is 2.14. The van der Waals surface area contributed by atoms with E-state index in [2.05, 4.69) is 49.3 Å². The highest BCUT2D eigenvalue weighted by Crippen LogP contribution is 2.18. The molecule has 1 atom stereocenters. The zero-order valence-electron chi connectivity index (χ0n) is 17.0. The Morgan fingerprint density at radius 1 is 1.54 bits per heavy atom. The number of ether oxygens (including phenoxy) is 2. The molecule has 7 heteroatoms. The van der Waals surface area contributed by atoms with Gasteiger partial charge in [-0.15, -0.1) is 0 Å². The first-order valence-electron chi connectivity index (χ1n) is 9.72. The van der Waals surface area contributed by atoms with E-state index in [9.17, 15) is 0 Å². The van der Waals surface area contributed by atoms with Crippen LogP contribution in [0.3, 0.4) is 0 Å². The van der Waals surface area contributed by atoms with Gasteiger partial charge in [-0.2, -0.15) is 5.10 Å². The third-order valence-corrected chi connectivity index (χ3v) is 4.41. The maximum absolute atomic E-state index is 5.71. The lowest BCUT2D eigenvalue weighted by molar-refractivity contribution is 0.0199. The molecule has 0 radical (unpaired) electrons. The lowest BCUT2D eigenvalue weighted by Crippen LogP contribution is -2.38. The molecule has 148 valence electrons. The van der Waals surface area contributed by atoms with Gasteiger partial charge in [0.2, 0.25) is 0 Å². The molecular weight excluding hydrogens is 330 g/mol. The number of aryl methyl sites for hydroxylation is 1. The van der Waals surface area contributed by atoms with Crippen LogP contribution in [0.25, 0.3) is 0 Å². The summed E-state index contributed by atoms with van der Waals surface area (Å²) in [6, 6.07) is 0. The predicted molar refractivity (Wildman–Crippen MR) is 105 cm³/mol. The van der Waals surface area contributed by atoms with Crippen molar-refractivity contribution in [1.29, 1.82) is 0 Å². The minimum absolute atomic E-state index is 0.273. The summed E-state index contributed by atoms with van der Waals surface area (Å²) in [5.74, 6) is 1.30. The van der Waals surface area contributed by atoms with Crippen molar-refractivity contribution in [3.63, 3.8) is 0 Å². The van der Waals surface area contributed by atoms with E-state index >= 15 is 0 Å². The Morgan fingerprint density at radius 2 is 2.35 bits per heavy atom. The Hall–Kier alpha value is -1.60. The quantitative estimate of drug-likeness (QED) is 0.413. The van der Waals surface area contributed by atoms with Gasteiger partial charge < -0.3 is 19.7 Å². The summed E-state index contributed by atoms with van der Waals surface area (Å²) < 4.78 is 13.2. The van der Waals surface area contributed by atoms with Gasteiger partial charge in [0.15, 0.2) is 5.96 Å². The van der Waals surface area contributed by atoms with Gasteiger partial charge in [0.05, 0.1) is 31.6 Å². The van der Waals surface area contributed by atoms with Crippen LogP contribution >= 0.6 is 0 Å². The van der Waals surface area contributed by atoms with Crippen molar-refractivity contribution in [2.45, 2.75) is 52.2 Å². The van der Waals surface area contributed by atoms with Crippen molar-refractivity contribution in [2.24, 2.45) is 12.0 Å². The van der Waals surface area contributed by atoms with E-state index in [1.165, 1.54) is 5.56 Å². The number of hydrogen-bond donors (Lipinski definition) is 1. The molecule has 1 aromatic heterocycles. The zero-order valence-corrected chi connectivity index (χ0v) is 17.0. The van der Waals surface area contributed by atoms with Crippen LogP contribution in [-0.4, -0.2) is 66.7 Å². The highest BCUT2D eigenvalue weighted by atomic mass is 16.5. The molecule has 1 saturated heterocycles. The molecule has 1 aromatic rings. The van der Waals surface area contributed by atoms with E-state index in [1.54, 1.807) is 0 Å². The Morgan fingerprint density at radius 3 is 3.00 bits per heavy atom. The third-order valence-electron chi connectivity index (χ3n) is 4.41. The summed E-state index contributed by atoms with van der Waals surface area (Å²) in [5, 5.41) is 7.95. The molecule has 0 aromatic carbocycles. The number of aliphatic imine (C=N–C) groups is 1. The molecule has 1 aliphatic heterocycles. The highest BCUT2D eigenvalue weighted by Gasteiger charge is 2.16. The molecule has 0 spiro atoms. The van der Waals surface area contributed by atoms with Gasteiger partial charge >= 0.3 is 0 Å². The first-order chi connectivity index (χ1) is 12.5. The van der Waals surface area contributed by atoms with Gasteiger partial charge in [-0.3, -0.25) is 9.67 Å². The summed E-state index contributed by atoms with van der Waals surface area (Å²) in [5.41, 5.74) is 2.39. The van der Waals surface area contributed by atoms with E-state index < -0.39 is 0 Å². The van der Waals surface area contributed by atoms with Gasteiger partial charge in [-0.05, 0) is 25.7 Å². The van der Waals surface area contributed by atoms with E-state index in [0.717, 1.165) is 44.2 Å². The second kappa shape index (κ2) is 10.5. The molecule has 26 heavy (non-hydrogen) atoms. The SMILES string of the molecule is CCNC(=NCCOCC1CCCO1)N(C)Cc1cn(C)nc1C(C)C. The highest BCUT2D eigenvalue weighted by molar-refractivity contribution is 5.79. The second-order valence-electron chi connectivity index (χ2n) is 7.17. The lowest BCUT2D eigenvalue weighted by atomic mass is 10.1. The van der Waals surface area contributed by atoms with Crippen LogP contribution in [0.4, 0.5) is 0 Å². The molecule has 0 bridgehead atoms. The summed E-state index contributed by atoms with van der Waals surface area (Å²) in [7, 11) is 4.03. The first kappa shape index (κ1) is 20.7. The number of nitrogens with one attached hydrogen (secondary N) is 1. The second-order valence-corrected chi connectivity index (χ2v) is 7.17. The maximum atomic E-state index is 5.71. The van der Waals surface area contributed by atoms with Crippen molar-refractivity contribution in [3.8, 4) is 0 Å². The number of guanidine groups is 1. The molecular formula is C19H35N5O2. The standard InChI is InChI=1S/C19H35N5O2/c1-6-20-19(21-9-11-25-14-17-8-7-10-26-17)23(4)12-16-13-24(5)22-18(16)15(2)3/h13,15,17H,6-12,14H2,1-5H3,(H,20,21). The summed E-state index contributed by atoms with van der Waals surface area (Å²) in [6.45, 7) is 10.9. The largest absolute Gasteiger partial charge is 0.377 e. The molecule has 2 rings (SSSR count). The summed E-state index contributed by atoms with van der Waals surface area (Å²) >= 11 is 0. The van der Waals surface area contributed by atoms with Crippen LogP contribution in [0, 0.1) is 0 Å². The Balaban J connectivity index is 1.86. The van der Waals surface area contributed by atoms with Crippen LogP contribution in [0.2, 0.25) is 0 Å². The fourth-order valence-corrected chi connectivity index (χ4v) is 3.17. The third kappa shape index (κ3) is 6.29. The molecule has 1 unspecified atom stereocenters. The van der Waals surface area contributed by atoms with Crippen molar-refractivity contribution in [2.75, 3.05) is 40.0 Å². The lowest BCUT2D eigenvalue weighted by Gasteiger charge is -2.22. The van der Waals surface area contributed by atoms with Crippen molar-refractivity contribution in [1.82, 2.24) is 20.0 Å². The molecule has 2 heterocycles. The fraction of sp³-hybridized carbons (Fsp3) is 0.789. The topological polar surface area (TPSA) is 63.9 Å². The van der Waals surface area contributed by atoms with E-state index in [-0.39, 0.29) is 6.10 Å². The number of hydrogen-bond acceptors (Lipinski definition) is 4. The normalized spacial score (nSPS) is 17.9. The average Bonchev–Trinajstić information content (AvgIpc) is 3.23. The van der Waals surface area contributed by atoms with E-state index in [4.69, 9.17) is 14.5 Å². The maximum Gasteiger partial charge on any atom is 0.194 e. The van der Waals surface area contributed by atoms with Gasteiger partial charge in [0.1, 0.15) is 0 Å². The Bertz CT molecular complexity index is 564. The molecule has 0 saturated carbocycles. The van der Waals surface area contributed by atoms with E-state index in [0.29, 0.717) is 25.7 Å². The van der Waals surface area contributed by atoms with Crippen LogP contribution in [0.1, 0.15) is 50.8 Å². The van der Waals surface area contributed by atoms with Crippen molar-refractivity contribution >= 4 is 5.96 Å². The minimum Gasteiger partial charge on any atom is -0.377 e. The van der Waals surface area contributed by atoms with Crippen molar-refractivity contribution < 1.29 is 9.47 Å². The molecule has 1 N–H and O–H groups in total. The molecule has 0 aliphatic carbocycles. The Labute approximate surface area is 157 Å². The molecule has 1 aliphatic rings. The van der Waals surface area contributed by atoms with Crippen molar-refractivity contribution in [3.05, 3.63) is 17.5 Å². The first-order valence-corrected chi connectivity index (χ1v) is 9.72. The van der Waals surface area contributed by atoms with Crippen LogP contribution in [-0.2, 0) is 23.1 Å². The number of rotatable bonds is 9. The van der Waals surface area contributed by atoms with E-state index in [1.807, 2.05) is 11.7 Å². The number of nitrogens with zero attached hydrogens (tertiary/aromatic N) is 4. The van der Waals surface area contributed by atoms with Crippen LogP contribution < -0.4 is 5.32 Å². The zero-order chi connectivity index (χ0) is 18.9. The number of aromatic nitrogens is 2. The fourth-order valence-electron chi connectivity index (χ4n) is 3.17. The molecule has 1 fully saturated rings. The molecule has 0 amide bonds. The van der Waals surface area contributed by atoms with Crippen LogP contribution in [0.5, 0.6) is 0 Å². The summed E-state index contributed by atoms with van der Waals surface area (Å²) in [6.07, 6.45) is 4.63. The van der Waals surface area contributed by atoms with Gasteiger partial charge in [-0.25, -0.2) is 0 Å². The Kier molecular flexibility index (Phi) is 8.38. The van der Waals surface area contributed by atoms with Gasteiger partial charge in [0, 0.05) is 45.6 Å². The molecule has 7 nitrogen and oxygen atoms in total. The summed E-state index contributed by atoms with van der Waals surface area (Å²) in [4.78, 5) is 6.84.